The van der Waals surface area contributed by atoms with Gasteiger partial charge in [0.25, 0.3) is 6.43 Å². The van der Waals surface area contributed by atoms with E-state index in [0.29, 0.717) is 6.42 Å². The largest absolute Gasteiger partial charge is 0.272 e. The molecule has 0 radical (unpaired) electrons. The third-order valence-corrected chi connectivity index (χ3v) is 2.62. The number of rotatable bonds is 3. The normalized spacial score (nSPS) is 18.5. The molecule has 0 aromatic carbocycles. The van der Waals surface area contributed by atoms with Crippen LogP contribution in [0.3, 0.4) is 0 Å². The minimum atomic E-state index is -2.91. The van der Waals surface area contributed by atoms with Crippen molar-refractivity contribution in [3.8, 4) is 0 Å². The first-order valence-electron chi connectivity index (χ1n) is 3.72. The van der Waals surface area contributed by atoms with Gasteiger partial charge in [-0.25, -0.2) is 13.2 Å². The molecule has 11 heavy (non-hydrogen) atoms. The molecule has 1 atom stereocenters. The van der Waals surface area contributed by atoms with Crippen LogP contribution in [0.2, 0.25) is 0 Å². The highest BCUT2D eigenvalue weighted by Crippen LogP contribution is 2.41. The fourth-order valence-electron chi connectivity index (χ4n) is 0.641. The number of alkyl halides is 3. The average molecular weight is 168 g/mol. The number of halogens is 3. The van der Waals surface area contributed by atoms with Crippen LogP contribution in [0.1, 0.15) is 34.1 Å². The second kappa shape index (κ2) is 3.03. The van der Waals surface area contributed by atoms with Crippen molar-refractivity contribution in [3.63, 3.8) is 0 Å². The van der Waals surface area contributed by atoms with E-state index in [-0.39, 0.29) is 0 Å². The molecule has 0 saturated carbocycles. The summed E-state index contributed by atoms with van der Waals surface area (Å²) in [6, 6.07) is 0. The maximum atomic E-state index is 13.2. The van der Waals surface area contributed by atoms with Crippen LogP contribution in [-0.2, 0) is 0 Å². The van der Waals surface area contributed by atoms with Crippen molar-refractivity contribution in [1.82, 2.24) is 0 Å². The van der Waals surface area contributed by atoms with Gasteiger partial charge in [0.2, 0.25) is 0 Å². The molecule has 0 bridgehead atoms. The molecule has 0 fully saturated rings. The summed E-state index contributed by atoms with van der Waals surface area (Å²) in [5, 5.41) is 0. The predicted molar refractivity (Wildman–Crippen MR) is 39.6 cm³/mol. The van der Waals surface area contributed by atoms with E-state index in [9.17, 15) is 13.2 Å². The molecule has 0 spiro atoms. The monoisotopic (exact) mass is 168 g/mol. The van der Waals surface area contributed by atoms with Gasteiger partial charge in [-0.1, -0.05) is 20.8 Å². The molecule has 0 N–H and O–H groups in total. The van der Waals surface area contributed by atoms with Crippen molar-refractivity contribution in [2.75, 3.05) is 0 Å². The Balaban J connectivity index is 4.53. The lowest BCUT2D eigenvalue weighted by molar-refractivity contribution is -0.0972. The van der Waals surface area contributed by atoms with Crippen molar-refractivity contribution in [2.45, 2.75) is 46.2 Å². The molecule has 0 aliphatic rings. The topological polar surface area (TPSA) is 0 Å². The van der Waals surface area contributed by atoms with E-state index in [1.54, 1.807) is 6.92 Å². The van der Waals surface area contributed by atoms with Gasteiger partial charge in [-0.2, -0.15) is 0 Å². The molecule has 0 rings (SSSR count). The Morgan fingerprint density at radius 3 is 1.64 bits per heavy atom. The standard InChI is InChI=1S/C8H15F3/c1-5-7(2,3)8(4,11)6(9)10/h6H,5H2,1-4H3. The van der Waals surface area contributed by atoms with Gasteiger partial charge in [0.15, 0.2) is 5.67 Å². The van der Waals surface area contributed by atoms with E-state index in [4.69, 9.17) is 0 Å². The maximum Gasteiger partial charge on any atom is 0.272 e. The SMILES string of the molecule is CCC(C)(C)C(C)(F)C(F)F. The fraction of sp³-hybridized carbons (Fsp3) is 1.00. The smallest absolute Gasteiger partial charge is 0.237 e. The highest BCUT2D eigenvalue weighted by molar-refractivity contribution is 4.91. The highest BCUT2D eigenvalue weighted by atomic mass is 19.3. The summed E-state index contributed by atoms with van der Waals surface area (Å²) in [4.78, 5) is 0. The second-order valence-electron chi connectivity index (χ2n) is 3.61. The molecular weight excluding hydrogens is 153 g/mol. The van der Waals surface area contributed by atoms with Crippen LogP contribution in [0.5, 0.6) is 0 Å². The summed E-state index contributed by atoms with van der Waals surface area (Å²) in [7, 11) is 0. The first kappa shape index (κ1) is 10.8. The van der Waals surface area contributed by atoms with Gasteiger partial charge in [0, 0.05) is 5.41 Å². The van der Waals surface area contributed by atoms with Crippen molar-refractivity contribution >= 4 is 0 Å². The Kier molecular flexibility index (Phi) is 2.98. The number of hydrogen-bond donors (Lipinski definition) is 0. The second-order valence-corrected chi connectivity index (χ2v) is 3.61. The van der Waals surface area contributed by atoms with Crippen LogP contribution in [0.15, 0.2) is 0 Å². The Morgan fingerprint density at radius 1 is 1.18 bits per heavy atom. The molecule has 0 aliphatic heterocycles. The van der Waals surface area contributed by atoms with Crippen molar-refractivity contribution in [3.05, 3.63) is 0 Å². The van der Waals surface area contributed by atoms with Crippen molar-refractivity contribution in [1.29, 1.82) is 0 Å². The molecule has 0 aliphatic carbocycles. The molecule has 0 heterocycles. The van der Waals surface area contributed by atoms with Gasteiger partial charge < -0.3 is 0 Å². The molecule has 0 aromatic heterocycles. The molecule has 0 aromatic rings. The summed E-state index contributed by atoms with van der Waals surface area (Å²) >= 11 is 0. The minimum absolute atomic E-state index is 0.407. The summed E-state index contributed by atoms with van der Waals surface area (Å²) in [5.41, 5.74) is -3.34. The summed E-state index contributed by atoms with van der Waals surface area (Å²) in [6.07, 6.45) is -2.50. The third kappa shape index (κ3) is 1.88. The Labute approximate surface area is 65.8 Å². The average Bonchev–Trinajstić information content (AvgIpc) is 1.87. The van der Waals surface area contributed by atoms with Gasteiger partial charge in [-0.05, 0) is 13.3 Å². The van der Waals surface area contributed by atoms with Crippen molar-refractivity contribution < 1.29 is 13.2 Å². The lowest BCUT2D eigenvalue weighted by atomic mass is 9.75. The van der Waals surface area contributed by atoms with Crippen LogP contribution in [-0.4, -0.2) is 12.1 Å². The lowest BCUT2D eigenvalue weighted by Gasteiger charge is -2.36. The van der Waals surface area contributed by atoms with Crippen molar-refractivity contribution in [2.24, 2.45) is 5.41 Å². The van der Waals surface area contributed by atoms with Crippen LogP contribution in [0.4, 0.5) is 13.2 Å². The Hall–Kier alpha value is -0.210. The van der Waals surface area contributed by atoms with E-state index in [1.165, 1.54) is 13.8 Å². The molecule has 0 saturated heterocycles. The number of hydrogen-bond acceptors (Lipinski definition) is 0. The van der Waals surface area contributed by atoms with E-state index in [0.717, 1.165) is 6.92 Å². The van der Waals surface area contributed by atoms with E-state index >= 15 is 0 Å². The van der Waals surface area contributed by atoms with Crippen LogP contribution >= 0.6 is 0 Å². The first-order chi connectivity index (χ1) is 4.75. The van der Waals surface area contributed by atoms with Crippen LogP contribution in [0.25, 0.3) is 0 Å². The first-order valence-corrected chi connectivity index (χ1v) is 3.72. The van der Waals surface area contributed by atoms with Crippen LogP contribution in [0, 0.1) is 5.41 Å². The van der Waals surface area contributed by atoms with Crippen LogP contribution < -0.4 is 0 Å². The highest BCUT2D eigenvalue weighted by Gasteiger charge is 2.47. The molecule has 68 valence electrons. The van der Waals surface area contributed by atoms with E-state index in [1.807, 2.05) is 0 Å². The quantitative estimate of drug-likeness (QED) is 0.605. The third-order valence-electron chi connectivity index (χ3n) is 2.62. The molecular formula is C8H15F3. The fourth-order valence-corrected chi connectivity index (χ4v) is 0.641. The zero-order valence-corrected chi connectivity index (χ0v) is 7.42. The lowest BCUT2D eigenvalue weighted by Crippen LogP contribution is -2.43. The van der Waals surface area contributed by atoms with E-state index < -0.39 is 17.5 Å². The summed E-state index contributed by atoms with van der Waals surface area (Å²) in [5.74, 6) is 0. The Bertz CT molecular complexity index is 127. The van der Waals surface area contributed by atoms with Gasteiger partial charge in [-0.15, -0.1) is 0 Å². The molecule has 0 nitrogen and oxygen atoms in total. The van der Waals surface area contributed by atoms with Gasteiger partial charge in [-0.3, -0.25) is 0 Å². The predicted octanol–water partition coefficient (Wildman–Crippen LogP) is 3.42. The zero-order valence-electron chi connectivity index (χ0n) is 7.42. The van der Waals surface area contributed by atoms with E-state index in [2.05, 4.69) is 0 Å². The summed E-state index contributed by atoms with van der Waals surface area (Å²) in [6.45, 7) is 5.69. The minimum Gasteiger partial charge on any atom is -0.237 e. The molecule has 1 unspecified atom stereocenters. The summed E-state index contributed by atoms with van der Waals surface area (Å²) < 4.78 is 37.5. The maximum absolute atomic E-state index is 13.2. The van der Waals surface area contributed by atoms with Gasteiger partial charge >= 0.3 is 0 Å². The zero-order chi connectivity index (χ0) is 9.28. The molecule has 0 amide bonds. The Morgan fingerprint density at radius 2 is 1.55 bits per heavy atom. The van der Waals surface area contributed by atoms with Gasteiger partial charge in [0.05, 0.1) is 0 Å². The molecule has 3 heteroatoms. The van der Waals surface area contributed by atoms with Gasteiger partial charge in [0.1, 0.15) is 0 Å².